The molecular formula is C29H35ClN4O2. The van der Waals surface area contributed by atoms with Crippen molar-refractivity contribution in [2.24, 2.45) is 5.92 Å². The first-order chi connectivity index (χ1) is 17.3. The SMILES string of the molecule is CC(C)C(CNC(=O)c1ccc2c(Cl)c[nH]c2c1)NC(=O)c1ccc(C2(CN3CCCC3)CC2)cc1. The molecule has 2 heterocycles. The zero-order valence-corrected chi connectivity index (χ0v) is 21.8. The summed E-state index contributed by atoms with van der Waals surface area (Å²) in [5.74, 6) is -0.130. The number of halogens is 1. The maximum absolute atomic E-state index is 13.0. The Balaban J connectivity index is 1.18. The van der Waals surface area contributed by atoms with Crippen molar-refractivity contribution in [1.29, 1.82) is 0 Å². The zero-order chi connectivity index (χ0) is 25.3. The Morgan fingerprint density at radius 2 is 1.72 bits per heavy atom. The van der Waals surface area contributed by atoms with Crippen LogP contribution in [-0.2, 0) is 5.41 Å². The number of likely N-dealkylation sites (tertiary alicyclic amines) is 1. The van der Waals surface area contributed by atoms with Crippen molar-refractivity contribution in [3.8, 4) is 0 Å². The lowest BCUT2D eigenvalue weighted by Crippen LogP contribution is -2.46. The Labute approximate surface area is 217 Å². The Morgan fingerprint density at radius 1 is 1.03 bits per heavy atom. The molecule has 0 bridgehead atoms. The minimum absolute atomic E-state index is 0.110. The molecule has 190 valence electrons. The van der Waals surface area contributed by atoms with Gasteiger partial charge in [0.25, 0.3) is 11.8 Å². The van der Waals surface area contributed by atoms with Crippen LogP contribution in [0.4, 0.5) is 0 Å². The standard InChI is InChI=1S/C29H35ClN4O2/c1-19(2)26(17-32-27(35)21-7-10-23-24(30)16-31-25(23)15-21)33-28(36)20-5-8-22(9-6-20)29(11-12-29)18-34-13-3-4-14-34/h5-10,15-16,19,26,31H,3-4,11-14,17-18H2,1-2H3,(H,32,35)(H,33,36). The van der Waals surface area contributed by atoms with Gasteiger partial charge in [-0.1, -0.05) is 43.6 Å². The Morgan fingerprint density at radius 3 is 2.39 bits per heavy atom. The molecule has 0 radical (unpaired) electrons. The lowest BCUT2D eigenvalue weighted by atomic mass is 9.94. The van der Waals surface area contributed by atoms with Crippen molar-refractivity contribution < 1.29 is 9.59 Å². The van der Waals surface area contributed by atoms with Gasteiger partial charge < -0.3 is 20.5 Å². The van der Waals surface area contributed by atoms with Crippen LogP contribution in [0.2, 0.25) is 5.02 Å². The summed E-state index contributed by atoms with van der Waals surface area (Å²) in [6.45, 7) is 8.00. The smallest absolute Gasteiger partial charge is 0.251 e. The molecule has 6 nitrogen and oxygen atoms in total. The third kappa shape index (κ3) is 5.30. The molecule has 2 fully saturated rings. The average Bonchev–Trinajstić information content (AvgIpc) is 3.29. The second kappa shape index (κ2) is 10.3. The van der Waals surface area contributed by atoms with Gasteiger partial charge in [0.2, 0.25) is 0 Å². The molecule has 3 aromatic rings. The van der Waals surface area contributed by atoms with Crippen LogP contribution >= 0.6 is 11.6 Å². The number of H-pyrrole nitrogens is 1. The summed E-state index contributed by atoms with van der Waals surface area (Å²) in [5, 5.41) is 7.61. The zero-order valence-electron chi connectivity index (χ0n) is 21.1. The Hall–Kier alpha value is -2.83. The third-order valence-electron chi connectivity index (χ3n) is 7.84. The summed E-state index contributed by atoms with van der Waals surface area (Å²) in [5.41, 5.74) is 3.64. The summed E-state index contributed by atoms with van der Waals surface area (Å²) < 4.78 is 0. The Kier molecular flexibility index (Phi) is 7.09. The fraction of sp³-hybridized carbons (Fsp3) is 0.448. The van der Waals surface area contributed by atoms with Crippen molar-refractivity contribution >= 4 is 34.3 Å². The molecule has 2 aliphatic rings. The number of aromatic amines is 1. The molecule has 0 spiro atoms. The molecule has 1 aliphatic heterocycles. The van der Waals surface area contributed by atoms with Gasteiger partial charge in [0, 0.05) is 52.8 Å². The van der Waals surface area contributed by atoms with Gasteiger partial charge in [-0.3, -0.25) is 9.59 Å². The summed E-state index contributed by atoms with van der Waals surface area (Å²) in [4.78, 5) is 31.5. The van der Waals surface area contributed by atoms with Gasteiger partial charge in [0.05, 0.1) is 5.02 Å². The number of nitrogens with one attached hydrogen (secondary N) is 3. The van der Waals surface area contributed by atoms with Gasteiger partial charge in [0.1, 0.15) is 0 Å². The highest BCUT2D eigenvalue weighted by molar-refractivity contribution is 6.35. The predicted octanol–water partition coefficient (Wildman–Crippen LogP) is 5.13. The van der Waals surface area contributed by atoms with Crippen LogP contribution in [0.5, 0.6) is 0 Å². The molecule has 1 atom stereocenters. The molecule has 2 aromatic carbocycles. The van der Waals surface area contributed by atoms with E-state index in [-0.39, 0.29) is 29.2 Å². The highest BCUT2D eigenvalue weighted by atomic mass is 35.5. The van der Waals surface area contributed by atoms with E-state index in [0.29, 0.717) is 22.7 Å². The number of nitrogens with zero attached hydrogens (tertiary/aromatic N) is 1. The van der Waals surface area contributed by atoms with Crippen molar-refractivity contribution in [2.75, 3.05) is 26.2 Å². The Bertz CT molecular complexity index is 1240. The highest BCUT2D eigenvalue weighted by Gasteiger charge is 2.45. The molecule has 7 heteroatoms. The quantitative estimate of drug-likeness (QED) is 0.376. The van der Waals surface area contributed by atoms with E-state index in [1.54, 1.807) is 18.3 Å². The molecule has 1 unspecified atom stereocenters. The topological polar surface area (TPSA) is 77.2 Å². The number of rotatable bonds is 9. The van der Waals surface area contributed by atoms with E-state index in [4.69, 9.17) is 11.6 Å². The molecular weight excluding hydrogens is 472 g/mol. The highest BCUT2D eigenvalue weighted by Crippen LogP contribution is 2.49. The van der Waals surface area contributed by atoms with E-state index in [2.05, 4.69) is 32.7 Å². The van der Waals surface area contributed by atoms with E-state index in [0.717, 1.165) is 17.4 Å². The number of hydrogen-bond acceptors (Lipinski definition) is 3. The fourth-order valence-corrected chi connectivity index (χ4v) is 5.49. The number of amides is 2. The van der Waals surface area contributed by atoms with Crippen LogP contribution in [0.15, 0.2) is 48.7 Å². The van der Waals surface area contributed by atoms with Gasteiger partial charge in [-0.15, -0.1) is 0 Å². The van der Waals surface area contributed by atoms with Crippen molar-refractivity contribution in [1.82, 2.24) is 20.5 Å². The van der Waals surface area contributed by atoms with Crippen LogP contribution in [0.3, 0.4) is 0 Å². The maximum Gasteiger partial charge on any atom is 0.251 e. The first kappa shape index (κ1) is 24.8. The normalized spacial score (nSPS) is 17.9. The van der Waals surface area contributed by atoms with Crippen molar-refractivity contribution in [2.45, 2.75) is 51.0 Å². The van der Waals surface area contributed by atoms with Gasteiger partial charge in [0.15, 0.2) is 0 Å². The molecule has 1 aliphatic carbocycles. The first-order valence-corrected chi connectivity index (χ1v) is 13.4. The van der Waals surface area contributed by atoms with Gasteiger partial charge in [-0.05, 0) is 74.5 Å². The van der Waals surface area contributed by atoms with E-state index >= 15 is 0 Å². The van der Waals surface area contributed by atoms with Crippen LogP contribution in [0.25, 0.3) is 10.9 Å². The number of carbonyl (C=O) groups is 2. The molecule has 1 saturated heterocycles. The minimum atomic E-state index is -0.185. The summed E-state index contributed by atoms with van der Waals surface area (Å²) in [6, 6.07) is 13.4. The van der Waals surface area contributed by atoms with E-state index in [1.165, 1.54) is 44.3 Å². The molecule has 1 saturated carbocycles. The third-order valence-corrected chi connectivity index (χ3v) is 8.15. The lowest BCUT2D eigenvalue weighted by Gasteiger charge is -2.24. The van der Waals surface area contributed by atoms with Gasteiger partial charge in [-0.25, -0.2) is 0 Å². The lowest BCUT2D eigenvalue weighted by molar-refractivity contribution is 0.0897. The largest absolute Gasteiger partial charge is 0.360 e. The van der Waals surface area contributed by atoms with E-state index in [1.807, 2.05) is 32.0 Å². The minimum Gasteiger partial charge on any atom is -0.360 e. The number of hydrogen-bond donors (Lipinski definition) is 3. The molecule has 1 aromatic heterocycles. The average molecular weight is 507 g/mol. The first-order valence-electron chi connectivity index (χ1n) is 13.0. The maximum atomic E-state index is 13.0. The molecule has 5 rings (SSSR count). The molecule has 3 N–H and O–H groups in total. The van der Waals surface area contributed by atoms with Crippen LogP contribution < -0.4 is 10.6 Å². The number of aromatic nitrogens is 1. The van der Waals surface area contributed by atoms with Gasteiger partial charge >= 0.3 is 0 Å². The number of fused-ring (bicyclic) bond motifs is 1. The molecule has 2 amide bonds. The summed E-state index contributed by atoms with van der Waals surface area (Å²) in [7, 11) is 0. The van der Waals surface area contributed by atoms with Crippen molar-refractivity contribution in [3.05, 3.63) is 70.4 Å². The number of carbonyl (C=O) groups excluding carboxylic acids is 2. The second-order valence-corrected chi connectivity index (χ2v) is 11.2. The van der Waals surface area contributed by atoms with E-state index in [9.17, 15) is 9.59 Å². The summed E-state index contributed by atoms with van der Waals surface area (Å²) in [6.07, 6.45) is 6.79. The van der Waals surface area contributed by atoms with Crippen LogP contribution in [-0.4, -0.2) is 53.9 Å². The monoisotopic (exact) mass is 506 g/mol. The fourth-order valence-electron chi connectivity index (χ4n) is 5.27. The second-order valence-electron chi connectivity index (χ2n) is 10.8. The molecule has 36 heavy (non-hydrogen) atoms. The van der Waals surface area contributed by atoms with Crippen molar-refractivity contribution in [3.63, 3.8) is 0 Å². The van der Waals surface area contributed by atoms with E-state index < -0.39 is 0 Å². The van der Waals surface area contributed by atoms with Gasteiger partial charge in [-0.2, -0.15) is 0 Å². The summed E-state index contributed by atoms with van der Waals surface area (Å²) >= 11 is 6.14. The number of benzene rings is 2. The van der Waals surface area contributed by atoms with Crippen LogP contribution in [0.1, 0.15) is 65.8 Å². The predicted molar refractivity (Wildman–Crippen MR) is 145 cm³/mol. The van der Waals surface area contributed by atoms with Crippen LogP contribution in [0, 0.1) is 5.92 Å².